The highest BCUT2D eigenvalue weighted by Crippen LogP contribution is 2.15. The summed E-state index contributed by atoms with van der Waals surface area (Å²) in [7, 11) is 0. The topological polar surface area (TPSA) is 49.2 Å². The van der Waals surface area contributed by atoms with Crippen LogP contribution < -0.4 is 9.64 Å². The third-order valence-corrected chi connectivity index (χ3v) is 3.81. The van der Waals surface area contributed by atoms with E-state index in [2.05, 4.69) is 15.9 Å². The Balaban J connectivity index is 1.67. The summed E-state index contributed by atoms with van der Waals surface area (Å²) in [5.41, 5.74) is 0. The number of hydrogen-bond donors (Lipinski definition) is 1. The van der Waals surface area contributed by atoms with Crippen LogP contribution in [0.1, 0.15) is 6.92 Å². The summed E-state index contributed by atoms with van der Waals surface area (Å²) < 4.78 is 17.0. The van der Waals surface area contributed by atoms with Crippen LogP contribution in [0, 0.1) is 0 Å². The molecule has 1 fully saturated rings. The van der Waals surface area contributed by atoms with Crippen molar-refractivity contribution in [3.8, 4) is 5.75 Å². The van der Waals surface area contributed by atoms with Crippen LogP contribution in [0.15, 0.2) is 28.7 Å². The summed E-state index contributed by atoms with van der Waals surface area (Å²) in [4.78, 5) is 13.2. The molecule has 0 amide bonds. The second-order valence-electron chi connectivity index (χ2n) is 5.11. The van der Waals surface area contributed by atoms with Crippen LogP contribution in [0.2, 0.25) is 0 Å². The number of ether oxygens (including phenoxy) is 3. The van der Waals surface area contributed by atoms with Crippen molar-refractivity contribution in [2.24, 2.45) is 0 Å². The van der Waals surface area contributed by atoms with E-state index in [1.165, 1.54) is 4.90 Å². The van der Waals surface area contributed by atoms with Gasteiger partial charge < -0.3 is 19.1 Å². The Morgan fingerprint density at radius 1 is 1.33 bits per heavy atom. The Bertz CT molecular complexity index is 445. The molecule has 0 aliphatic carbocycles. The molecule has 21 heavy (non-hydrogen) atoms. The smallest absolute Gasteiger partial charge is 0.344 e. The maximum absolute atomic E-state index is 11.7. The van der Waals surface area contributed by atoms with Crippen LogP contribution in [0.25, 0.3) is 0 Å². The molecule has 0 radical (unpaired) electrons. The van der Waals surface area contributed by atoms with Crippen molar-refractivity contribution in [1.29, 1.82) is 0 Å². The molecule has 2 rings (SSSR count). The SMILES string of the molecule is CC(C[NH+]1CCOCC1)OC(=O)COc1ccc(Br)cc1. The first kappa shape index (κ1) is 16.3. The highest BCUT2D eigenvalue weighted by atomic mass is 79.9. The monoisotopic (exact) mass is 358 g/mol. The van der Waals surface area contributed by atoms with Crippen LogP contribution in [0.3, 0.4) is 0 Å². The molecule has 116 valence electrons. The molecule has 6 heteroatoms. The van der Waals surface area contributed by atoms with Crippen LogP contribution in [0.5, 0.6) is 5.75 Å². The zero-order chi connectivity index (χ0) is 15.1. The third kappa shape index (κ3) is 6.03. The van der Waals surface area contributed by atoms with Crippen LogP contribution in [-0.2, 0) is 14.3 Å². The molecular formula is C15H21BrNO4+. The number of quaternary nitrogens is 1. The summed E-state index contributed by atoms with van der Waals surface area (Å²) in [6, 6.07) is 7.34. The summed E-state index contributed by atoms with van der Waals surface area (Å²) in [5, 5.41) is 0. The fraction of sp³-hybridized carbons (Fsp3) is 0.533. The second-order valence-corrected chi connectivity index (χ2v) is 6.03. The average Bonchev–Trinajstić information content (AvgIpc) is 2.47. The number of halogens is 1. The standard InChI is InChI=1S/C15H20BrNO4/c1-12(10-17-6-8-19-9-7-17)21-15(18)11-20-14-4-2-13(16)3-5-14/h2-5,12H,6-11H2,1H3/p+1. The first-order valence-electron chi connectivity index (χ1n) is 7.12. The van der Waals surface area contributed by atoms with Gasteiger partial charge in [-0.2, -0.15) is 0 Å². The van der Waals surface area contributed by atoms with Gasteiger partial charge in [-0.3, -0.25) is 0 Å². The lowest BCUT2D eigenvalue weighted by atomic mass is 10.3. The highest BCUT2D eigenvalue weighted by molar-refractivity contribution is 9.10. The van der Waals surface area contributed by atoms with E-state index in [4.69, 9.17) is 14.2 Å². The van der Waals surface area contributed by atoms with Crippen LogP contribution in [0.4, 0.5) is 0 Å². The number of carbonyl (C=O) groups is 1. The third-order valence-electron chi connectivity index (χ3n) is 3.28. The van der Waals surface area contributed by atoms with Gasteiger partial charge in [-0.15, -0.1) is 0 Å². The van der Waals surface area contributed by atoms with E-state index in [-0.39, 0.29) is 18.7 Å². The zero-order valence-corrected chi connectivity index (χ0v) is 13.7. The molecule has 1 N–H and O–H groups in total. The van der Waals surface area contributed by atoms with E-state index < -0.39 is 0 Å². The number of esters is 1. The average molecular weight is 359 g/mol. The number of morpholine rings is 1. The molecule has 1 saturated heterocycles. The Hall–Kier alpha value is -1.11. The molecule has 5 nitrogen and oxygen atoms in total. The predicted octanol–water partition coefficient (Wildman–Crippen LogP) is 0.675. The number of rotatable bonds is 6. The lowest BCUT2D eigenvalue weighted by Crippen LogP contribution is -3.15. The number of carbonyl (C=O) groups excluding carboxylic acids is 1. The van der Waals surface area contributed by atoms with Crippen molar-refractivity contribution in [1.82, 2.24) is 0 Å². The Morgan fingerprint density at radius 3 is 2.67 bits per heavy atom. The molecule has 0 spiro atoms. The minimum atomic E-state index is -0.335. The van der Waals surface area contributed by atoms with Gasteiger partial charge in [0.1, 0.15) is 31.5 Å². The molecule has 1 aromatic rings. The molecule has 0 bridgehead atoms. The minimum absolute atomic E-state index is 0.0651. The second kappa shape index (κ2) is 8.36. The largest absolute Gasteiger partial charge is 0.482 e. The maximum atomic E-state index is 11.7. The maximum Gasteiger partial charge on any atom is 0.344 e. The van der Waals surface area contributed by atoms with Gasteiger partial charge in [0.2, 0.25) is 0 Å². The van der Waals surface area contributed by atoms with E-state index >= 15 is 0 Å². The lowest BCUT2D eigenvalue weighted by molar-refractivity contribution is -0.910. The predicted molar refractivity (Wildman–Crippen MR) is 81.6 cm³/mol. The van der Waals surface area contributed by atoms with Gasteiger partial charge in [0.15, 0.2) is 6.61 Å². The number of benzene rings is 1. The molecule has 1 aromatic carbocycles. The quantitative estimate of drug-likeness (QED) is 0.759. The van der Waals surface area contributed by atoms with Crippen LogP contribution in [-0.4, -0.2) is 51.5 Å². The molecule has 1 aliphatic heterocycles. The summed E-state index contributed by atoms with van der Waals surface area (Å²) in [6.07, 6.45) is -0.112. The van der Waals surface area contributed by atoms with Gasteiger partial charge in [-0.25, -0.2) is 4.79 Å². The van der Waals surface area contributed by atoms with Crippen molar-refractivity contribution in [3.63, 3.8) is 0 Å². The van der Waals surface area contributed by atoms with E-state index in [9.17, 15) is 4.79 Å². The van der Waals surface area contributed by atoms with Gasteiger partial charge in [0, 0.05) is 4.47 Å². The van der Waals surface area contributed by atoms with Gasteiger partial charge in [0.25, 0.3) is 0 Å². The number of nitrogens with one attached hydrogen (secondary N) is 1. The summed E-state index contributed by atoms with van der Waals surface area (Å²) >= 11 is 3.35. The van der Waals surface area contributed by atoms with Crippen molar-refractivity contribution in [2.45, 2.75) is 13.0 Å². The number of hydrogen-bond acceptors (Lipinski definition) is 4. The first-order chi connectivity index (χ1) is 10.1. The fourth-order valence-corrected chi connectivity index (χ4v) is 2.51. The molecule has 1 heterocycles. The van der Waals surface area contributed by atoms with Crippen molar-refractivity contribution in [3.05, 3.63) is 28.7 Å². The van der Waals surface area contributed by atoms with Crippen molar-refractivity contribution in [2.75, 3.05) is 39.5 Å². The molecule has 1 aliphatic rings. The normalized spacial score (nSPS) is 17.2. The van der Waals surface area contributed by atoms with E-state index in [0.29, 0.717) is 5.75 Å². The Labute approximate surface area is 133 Å². The Morgan fingerprint density at radius 2 is 2.00 bits per heavy atom. The van der Waals surface area contributed by atoms with Gasteiger partial charge in [-0.05, 0) is 31.2 Å². The molecule has 1 unspecified atom stereocenters. The van der Waals surface area contributed by atoms with Gasteiger partial charge >= 0.3 is 5.97 Å². The fourth-order valence-electron chi connectivity index (χ4n) is 2.24. The summed E-state index contributed by atoms with van der Waals surface area (Å²) in [6.45, 7) is 6.16. The lowest BCUT2D eigenvalue weighted by Gasteiger charge is -2.26. The first-order valence-corrected chi connectivity index (χ1v) is 7.92. The van der Waals surface area contributed by atoms with Crippen molar-refractivity contribution >= 4 is 21.9 Å². The highest BCUT2D eigenvalue weighted by Gasteiger charge is 2.19. The van der Waals surface area contributed by atoms with Gasteiger partial charge in [-0.1, -0.05) is 15.9 Å². The van der Waals surface area contributed by atoms with E-state index in [1.54, 1.807) is 12.1 Å². The molecular weight excluding hydrogens is 338 g/mol. The van der Waals surface area contributed by atoms with Crippen LogP contribution >= 0.6 is 15.9 Å². The molecule has 0 saturated carbocycles. The van der Waals surface area contributed by atoms with E-state index in [0.717, 1.165) is 37.3 Å². The van der Waals surface area contributed by atoms with Crippen molar-refractivity contribution < 1.29 is 23.9 Å². The van der Waals surface area contributed by atoms with E-state index in [1.807, 2.05) is 19.1 Å². The molecule has 1 atom stereocenters. The Kier molecular flexibility index (Phi) is 6.48. The molecule has 0 aromatic heterocycles. The van der Waals surface area contributed by atoms with Gasteiger partial charge in [0.05, 0.1) is 13.2 Å². The zero-order valence-electron chi connectivity index (χ0n) is 12.1. The summed E-state index contributed by atoms with van der Waals surface area (Å²) in [5.74, 6) is 0.319. The minimum Gasteiger partial charge on any atom is -0.482 e.